The molecule has 0 heterocycles. The van der Waals surface area contributed by atoms with Crippen molar-refractivity contribution >= 4 is 0 Å². The Bertz CT molecular complexity index is 166. The first-order valence-electron chi connectivity index (χ1n) is 7.79. The quantitative estimate of drug-likeness (QED) is 0.264. The van der Waals surface area contributed by atoms with Crippen molar-refractivity contribution in [2.24, 2.45) is 0 Å². The molecule has 0 fully saturated rings. The summed E-state index contributed by atoms with van der Waals surface area (Å²) in [5.41, 5.74) is 0. The van der Waals surface area contributed by atoms with Crippen LogP contribution in [0.5, 0.6) is 0 Å². The SMILES string of the molecule is CCCCCCCCCCCCC/C=C/OCO. The van der Waals surface area contributed by atoms with Crippen LogP contribution in [0.4, 0.5) is 0 Å². The number of ether oxygens (including phenoxy) is 1. The van der Waals surface area contributed by atoms with E-state index < -0.39 is 0 Å². The second kappa shape index (κ2) is 16.5. The van der Waals surface area contributed by atoms with Gasteiger partial charge in [-0.3, -0.25) is 0 Å². The average Bonchev–Trinajstić information content (AvgIpc) is 2.39. The fourth-order valence-corrected chi connectivity index (χ4v) is 2.11. The van der Waals surface area contributed by atoms with Gasteiger partial charge in [-0.15, -0.1) is 0 Å². The number of rotatable bonds is 14. The molecule has 0 aromatic rings. The van der Waals surface area contributed by atoms with Crippen LogP contribution in [0.3, 0.4) is 0 Å². The van der Waals surface area contributed by atoms with E-state index in [4.69, 9.17) is 9.84 Å². The zero-order chi connectivity index (χ0) is 13.3. The lowest BCUT2D eigenvalue weighted by Gasteiger charge is -2.01. The van der Waals surface area contributed by atoms with E-state index in [9.17, 15) is 0 Å². The van der Waals surface area contributed by atoms with Crippen LogP contribution in [-0.2, 0) is 4.74 Å². The minimum atomic E-state index is -0.214. The molecule has 0 unspecified atom stereocenters. The first-order chi connectivity index (χ1) is 8.91. The predicted molar refractivity (Wildman–Crippen MR) is 78.4 cm³/mol. The van der Waals surface area contributed by atoms with Gasteiger partial charge in [-0.25, -0.2) is 0 Å². The molecule has 0 amide bonds. The molecular weight excluding hydrogens is 224 g/mol. The van der Waals surface area contributed by atoms with Crippen LogP contribution < -0.4 is 0 Å². The lowest BCUT2D eigenvalue weighted by atomic mass is 10.1. The fourth-order valence-electron chi connectivity index (χ4n) is 2.11. The fraction of sp³-hybridized carbons (Fsp3) is 0.875. The maximum absolute atomic E-state index is 8.38. The molecule has 0 saturated heterocycles. The number of aliphatic hydroxyl groups excluding tert-OH is 1. The molecule has 0 radical (unpaired) electrons. The Morgan fingerprint density at radius 1 is 0.778 bits per heavy atom. The van der Waals surface area contributed by atoms with Crippen molar-refractivity contribution in [2.75, 3.05) is 6.79 Å². The minimum absolute atomic E-state index is 0.214. The molecule has 2 nitrogen and oxygen atoms in total. The second-order valence-electron chi connectivity index (χ2n) is 4.99. The summed E-state index contributed by atoms with van der Waals surface area (Å²) in [5, 5.41) is 8.38. The van der Waals surface area contributed by atoms with Gasteiger partial charge in [0.1, 0.15) is 0 Å². The van der Waals surface area contributed by atoms with E-state index in [-0.39, 0.29) is 6.79 Å². The van der Waals surface area contributed by atoms with E-state index in [1.54, 1.807) is 6.26 Å². The van der Waals surface area contributed by atoms with Crippen molar-refractivity contribution < 1.29 is 9.84 Å². The van der Waals surface area contributed by atoms with Gasteiger partial charge in [-0.05, 0) is 18.9 Å². The van der Waals surface area contributed by atoms with Crippen molar-refractivity contribution in [1.82, 2.24) is 0 Å². The van der Waals surface area contributed by atoms with Crippen LogP contribution in [0, 0.1) is 0 Å². The third kappa shape index (κ3) is 15.5. The van der Waals surface area contributed by atoms with Crippen molar-refractivity contribution in [3.63, 3.8) is 0 Å². The highest BCUT2D eigenvalue weighted by atomic mass is 16.6. The average molecular weight is 256 g/mol. The van der Waals surface area contributed by atoms with E-state index in [1.165, 1.54) is 70.6 Å². The molecule has 0 spiro atoms. The molecule has 0 aliphatic rings. The van der Waals surface area contributed by atoms with Crippen molar-refractivity contribution in [3.05, 3.63) is 12.3 Å². The molecule has 0 bridgehead atoms. The molecular formula is C16H32O2. The van der Waals surface area contributed by atoms with Gasteiger partial charge in [-0.1, -0.05) is 71.1 Å². The van der Waals surface area contributed by atoms with E-state index >= 15 is 0 Å². The summed E-state index contributed by atoms with van der Waals surface area (Å²) in [5.74, 6) is 0. The Morgan fingerprint density at radius 2 is 1.28 bits per heavy atom. The topological polar surface area (TPSA) is 29.5 Å². The van der Waals surface area contributed by atoms with E-state index in [2.05, 4.69) is 6.92 Å². The van der Waals surface area contributed by atoms with E-state index in [0.29, 0.717) is 0 Å². The van der Waals surface area contributed by atoms with E-state index in [0.717, 1.165) is 6.42 Å². The summed E-state index contributed by atoms with van der Waals surface area (Å²) in [4.78, 5) is 0. The summed E-state index contributed by atoms with van der Waals surface area (Å²) < 4.78 is 4.71. The molecule has 0 aliphatic heterocycles. The van der Waals surface area contributed by atoms with Gasteiger partial charge < -0.3 is 9.84 Å². The summed E-state index contributed by atoms with van der Waals surface area (Å²) in [6.07, 6.45) is 19.9. The predicted octanol–water partition coefficient (Wildman–Crippen LogP) is 5.17. The van der Waals surface area contributed by atoms with Crippen LogP contribution in [0.1, 0.15) is 84.0 Å². The highest BCUT2D eigenvalue weighted by Crippen LogP contribution is 2.11. The smallest absolute Gasteiger partial charge is 0.185 e. The monoisotopic (exact) mass is 256 g/mol. The molecule has 0 aromatic carbocycles. The third-order valence-corrected chi connectivity index (χ3v) is 3.24. The summed E-state index contributed by atoms with van der Waals surface area (Å²) >= 11 is 0. The van der Waals surface area contributed by atoms with Crippen LogP contribution in [0.2, 0.25) is 0 Å². The lowest BCUT2D eigenvalue weighted by Crippen LogP contribution is -1.83. The van der Waals surface area contributed by atoms with Crippen LogP contribution in [-0.4, -0.2) is 11.9 Å². The Morgan fingerprint density at radius 3 is 1.78 bits per heavy atom. The molecule has 0 aliphatic carbocycles. The summed E-state index contributed by atoms with van der Waals surface area (Å²) in [6.45, 7) is 2.06. The molecule has 0 rings (SSSR count). The number of hydrogen-bond acceptors (Lipinski definition) is 2. The molecule has 108 valence electrons. The minimum Gasteiger partial charge on any atom is -0.476 e. The first-order valence-corrected chi connectivity index (χ1v) is 7.79. The standard InChI is InChI=1S/C16H32O2/c1-2-3-4-5-6-7-8-9-10-11-12-13-14-15-18-16-17/h14-15,17H,2-13,16H2,1H3/b15-14+. The van der Waals surface area contributed by atoms with Gasteiger partial charge in [0.2, 0.25) is 0 Å². The van der Waals surface area contributed by atoms with Crippen LogP contribution >= 0.6 is 0 Å². The van der Waals surface area contributed by atoms with Gasteiger partial charge >= 0.3 is 0 Å². The molecule has 0 aromatic heterocycles. The van der Waals surface area contributed by atoms with Crippen molar-refractivity contribution in [1.29, 1.82) is 0 Å². The zero-order valence-electron chi connectivity index (χ0n) is 12.2. The van der Waals surface area contributed by atoms with Gasteiger partial charge in [0.25, 0.3) is 0 Å². The number of aliphatic hydroxyl groups is 1. The highest BCUT2D eigenvalue weighted by molar-refractivity contribution is 4.72. The number of allylic oxidation sites excluding steroid dienone is 1. The number of hydrogen-bond donors (Lipinski definition) is 1. The maximum Gasteiger partial charge on any atom is 0.185 e. The summed E-state index contributed by atoms with van der Waals surface area (Å²) in [7, 11) is 0. The Kier molecular flexibility index (Phi) is 16.0. The molecule has 18 heavy (non-hydrogen) atoms. The van der Waals surface area contributed by atoms with Gasteiger partial charge in [0.05, 0.1) is 6.26 Å². The molecule has 2 heteroatoms. The summed E-state index contributed by atoms with van der Waals surface area (Å²) in [6, 6.07) is 0. The third-order valence-electron chi connectivity index (χ3n) is 3.24. The van der Waals surface area contributed by atoms with Crippen molar-refractivity contribution in [3.8, 4) is 0 Å². The normalized spacial score (nSPS) is 11.2. The highest BCUT2D eigenvalue weighted by Gasteiger charge is 1.92. The van der Waals surface area contributed by atoms with Crippen molar-refractivity contribution in [2.45, 2.75) is 84.0 Å². The van der Waals surface area contributed by atoms with E-state index in [1.807, 2.05) is 6.08 Å². The Labute approximate surface area is 113 Å². The maximum atomic E-state index is 8.38. The molecule has 0 atom stereocenters. The largest absolute Gasteiger partial charge is 0.476 e. The van der Waals surface area contributed by atoms with Crippen LogP contribution in [0.15, 0.2) is 12.3 Å². The lowest BCUT2D eigenvalue weighted by molar-refractivity contribution is 0.0598. The van der Waals surface area contributed by atoms with Gasteiger partial charge in [0, 0.05) is 0 Å². The molecule has 0 saturated carbocycles. The first kappa shape index (κ1) is 17.5. The van der Waals surface area contributed by atoms with Crippen LogP contribution in [0.25, 0.3) is 0 Å². The van der Waals surface area contributed by atoms with Gasteiger partial charge in [-0.2, -0.15) is 0 Å². The van der Waals surface area contributed by atoms with Gasteiger partial charge in [0.15, 0.2) is 6.79 Å². The second-order valence-corrected chi connectivity index (χ2v) is 4.99. The Balaban J connectivity index is 2.94. The molecule has 1 N–H and O–H groups in total. The Hall–Kier alpha value is -0.500. The zero-order valence-corrected chi connectivity index (χ0v) is 12.2. The number of unbranched alkanes of at least 4 members (excludes halogenated alkanes) is 11.